The topological polar surface area (TPSA) is 29.5 Å². The number of piperidine rings is 1. The van der Waals surface area contributed by atoms with Crippen LogP contribution in [0, 0.1) is 28.6 Å². The first kappa shape index (κ1) is 20.2. The van der Waals surface area contributed by atoms with E-state index in [2.05, 4.69) is 56.1 Å². The molecule has 1 amide bonds. The summed E-state index contributed by atoms with van der Waals surface area (Å²) >= 11 is 0. The fourth-order valence-corrected chi connectivity index (χ4v) is 8.21. The monoisotopic (exact) mass is 407 g/mol. The third-order valence-corrected chi connectivity index (χ3v) is 9.87. The van der Waals surface area contributed by atoms with Gasteiger partial charge in [0.2, 0.25) is 5.91 Å². The van der Waals surface area contributed by atoms with Gasteiger partial charge in [0.25, 0.3) is 0 Å². The van der Waals surface area contributed by atoms with Crippen LogP contribution in [0.4, 0.5) is 0 Å². The largest absolute Gasteiger partial charge is 0.496 e. The Hall–Kier alpha value is -1.77. The maximum Gasteiger partial charge on any atom is 0.222 e. The van der Waals surface area contributed by atoms with Gasteiger partial charge in [0.15, 0.2) is 0 Å². The van der Waals surface area contributed by atoms with Crippen LogP contribution in [0.3, 0.4) is 0 Å². The Kier molecular flexibility index (Phi) is 4.79. The maximum atomic E-state index is 12.4. The van der Waals surface area contributed by atoms with Crippen molar-refractivity contribution in [2.75, 3.05) is 14.2 Å². The number of nitrogens with zero attached hydrogens (tertiary/aromatic N) is 1. The van der Waals surface area contributed by atoms with Crippen molar-refractivity contribution in [1.82, 2.24) is 4.90 Å². The lowest BCUT2D eigenvalue weighted by Gasteiger charge is -2.61. The van der Waals surface area contributed by atoms with Gasteiger partial charge in [-0.3, -0.25) is 4.79 Å². The number of methoxy groups -OCH3 is 1. The number of rotatable bonds is 2. The van der Waals surface area contributed by atoms with Gasteiger partial charge in [-0.25, -0.2) is 0 Å². The Morgan fingerprint density at radius 3 is 2.63 bits per heavy atom. The van der Waals surface area contributed by atoms with E-state index in [-0.39, 0.29) is 0 Å². The molecule has 0 aromatic heterocycles. The normalized spacial score (nSPS) is 41.9. The standard InChI is InChI=1S/C27H37NO2/c1-26-15-13-22-20(10-12-24-27(22,2)16-14-25(29)28(24)3)21(26)11-9-19(26)17-18-7-5-6-8-23(18)30-4/h5-8,17,20-22,24H,9-16H2,1-4H3/t20-,21-,22+,24?,26+,27+/m0/s1. The number of carbonyl (C=O) groups excluding carboxylic acids is 1. The predicted octanol–water partition coefficient (Wildman–Crippen LogP) is 5.94. The number of hydrogen-bond acceptors (Lipinski definition) is 2. The summed E-state index contributed by atoms with van der Waals surface area (Å²) in [6.45, 7) is 5.06. The molecular weight excluding hydrogens is 370 g/mol. The summed E-state index contributed by atoms with van der Waals surface area (Å²) in [5.74, 6) is 3.72. The lowest BCUT2D eigenvalue weighted by atomic mass is 9.47. The van der Waals surface area contributed by atoms with Crippen LogP contribution in [0.5, 0.6) is 5.75 Å². The minimum atomic E-state index is 0.308. The van der Waals surface area contributed by atoms with E-state index in [0.29, 0.717) is 22.8 Å². The Labute approximate surface area is 181 Å². The van der Waals surface area contributed by atoms with Gasteiger partial charge in [-0.05, 0) is 79.6 Å². The molecule has 0 bridgehead atoms. The van der Waals surface area contributed by atoms with E-state index in [0.717, 1.165) is 36.3 Å². The molecule has 4 aliphatic rings. The molecule has 6 atom stereocenters. The molecule has 0 N–H and O–H groups in total. The molecule has 1 aromatic carbocycles. The van der Waals surface area contributed by atoms with Crippen molar-refractivity contribution >= 4 is 12.0 Å². The van der Waals surface area contributed by atoms with E-state index < -0.39 is 0 Å². The second kappa shape index (κ2) is 7.14. The zero-order chi connectivity index (χ0) is 21.1. The summed E-state index contributed by atoms with van der Waals surface area (Å²) in [7, 11) is 3.83. The molecule has 3 aliphatic carbocycles. The van der Waals surface area contributed by atoms with Gasteiger partial charge in [-0.15, -0.1) is 0 Å². The quantitative estimate of drug-likeness (QED) is 0.607. The lowest BCUT2D eigenvalue weighted by Crippen LogP contribution is -2.61. The third-order valence-electron chi connectivity index (χ3n) is 9.87. The van der Waals surface area contributed by atoms with E-state index in [1.165, 1.54) is 44.1 Å². The molecular formula is C27H37NO2. The number of fused-ring (bicyclic) bond motifs is 5. The first-order valence-electron chi connectivity index (χ1n) is 12.0. The van der Waals surface area contributed by atoms with Crippen molar-refractivity contribution in [2.24, 2.45) is 28.6 Å². The van der Waals surface area contributed by atoms with Crippen molar-refractivity contribution in [3.63, 3.8) is 0 Å². The van der Waals surface area contributed by atoms with E-state index in [9.17, 15) is 4.79 Å². The summed E-state index contributed by atoms with van der Waals surface area (Å²) in [4.78, 5) is 14.5. The number of ether oxygens (including phenoxy) is 1. The van der Waals surface area contributed by atoms with Crippen LogP contribution in [0.1, 0.15) is 70.8 Å². The Morgan fingerprint density at radius 2 is 1.83 bits per heavy atom. The number of likely N-dealkylation sites (tertiary alicyclic amines) is 1. The molecule has 1 saturated heterocycles. The number of amides is 1. The Bertz CT molecular complexity index is 875. The summed E-state index contributed by atoms with van der Waals surface area (Å²) in [6.07, 6.45) is 11.9. The maximum absolute atomic E-state index is 12.4. The minimum Gasteiger partial charge on any atom is -0.496 e. The van der Waals surface area contributed by atoms with Crippen LogP contribution < -0.4 is 4.74 Å². The molecule has 3 nitrogen and oxygen atoms in total. The Morgan fingerprint density at radius 1 is 1.03 bits per heavy atom. The number of para-hydroxylation sites is 1. The van der Waals surface area contributed by atoms with Gasteiger partial charge in [-0.1, -0.05) is 43.7 Å². The number of carbonyl (C=O) groups is 1. The first-order chi connectivity index (χ1) is 14.4. The van der Waals surface area contributed by atoms with Gasteiger partial charge in [-0.2, -0.15) is 0 Å². The van der Waals surface area contributed by atoms with Crippen LogP contribution in [0.25, 0.3) is 6.08 Å². The fourth-order valence-electron chi connectivity index (χ4n) is 8.21. The van der Waals surface area contributed by atoms with E-state index >= 15 is 0 Å². The average molecular weight is 408 g/mol. The van der Waals surface area contributed by atoms with Gasteiger partial charge in [0.05, 0.1) is 7.11 Å². The molecule has 1 unspecified atom stereocenters. The van der Waals surface area contributed by atoms with Crippen LogP contribution >= 0.6 is 0 Å². The summed E-state index contributed by atoms with van der Waals surface area (Å²) in [5.41, 5.74) is 3.49. The summed E-state index contributed by atoms with van der Waals surface area (Å²) in [6, 6.07) is 8.88. The number of allylic oxidation sites excluding steroid dienone is 1. The molecule has 4 fully saturated rings. The first-order valence-corrected chi connectivity index (χ1v) is 12.0. The highest BCUT2D eigenvalue weighted by molar-refractivity contribution is 5.77. The van der Waals surface area contributed by atoms with Gasteiger partial charge < -0.3 is 9.64 Å². The average Bonchev–Trinajstić information content (AvgIpc) is 3.08. The molecule has 5 rings (SSSR count). The van der Waals surface area contributed by atoms with Crippen molar-refractivity contribution in [3.8, 4) is 5.75 Å². The third kappa shape index (κ3) is 2.80. The van der Waals surface area contributed by atoms with Crippen molar-refractivity contribution in [3.05, 3.63) is 35.4 Å². The number of benzene rings is 1. The van der Waals surface area contributed by atoms with Crippen LogP contribution in [0.2, 0.25) is 0 Å². The van der Waals surface area contributed by atoms with Crippen molar-refractivity contribution in [1.29, 1.82) is 0 Å². The van der Waals surface area contributed by atoms with E-state index in [4.69, 9.17) is 4.74 Å². The smallest absolute Gasteiger partial charge is 0.222 e. The second-order valence-corrected chi connectivity index (χ2v) is 10.9. The second-order valence-electron chi connectivity index (χ2n) is 10.9. The predicted molar refractivity (Wildman–Crippen MR) is 121 cm³/mol. The molecule has 3 heteroatoms. The van der Waals surface area contributed by atoms with Gasteiger partial charge in [0, 0.05) is 25.1 Å². The molecule has 1 heterocycles. The zero-order valence-corrected chi connectivity index (χ0v) is 19.1. The van der Waals surface area contributed by atoms with Crippen LogP contribution in [0.15, 0.2) is 29.8 Å². The van der Waals surface area contributed by atoms with E-state index in [1.807, 2.05) is 0 Å². The van der Waals surface area contributed by atoms with Crippen LogP contribution in [-0.2, 0) is 4.79 Å². The molecule has 0 spiro atoms. The molecule has 30 heavy (non-hydrogen) atoms. The molecule has 1 aromatic rings. The molecule has 1 aliphatic heterocycles. The van der Waals surface area contributed by atoms with Crippen molar-refractivity contribution in [2.45, 2.75) is 71.3 Å². The van der Waals surface area contributed by atoms with E-state index in [1.54, 1.807) is 12.7 Å². The summed E-state index contributed by atoms with van der Waals surface area (Å²) in [5, 5.41) is 0. The molecule has 0 radical (unpaired) electrons. The number of hydrogen-bond donors (Lipinski definition) is 0. The molecule has 162 valence electrons. The highest BCUT2D eigenvalue weighted by Gasteiger charge is 2.60. The van der Waals surface area contributed by atoms with Crippen molar-refractivity contribution < 1.29 is 9.53 Å². The van der Waals surface area contributed by atoms with Gasteiger partial charge in [0.1, 0.15) is 5.75 Å². The lowest BCUT2D eigenvalue weighted by molar-refractivity contribution is -0.156. The summed E-state index contributed by atoms with van der Waals surface area (Å²) < 4.78 is 5.62. The minimum absolute atomic E-state index is 0.308. The fraction of sp³-hybridized carbons (Fsp3) is 0.667. The Balaban J connectivity index is 1.45. The zero-order valence-electron chi connectivity index (χ0n) is 19.1. The molecule has 3 saturated carbocycles. The highest BCUT2D eigenvalue weighted by atomic mass is 16.5. The highest BCUT2D eigenvalue weighted by Crippen LogP contribution is 2.66. The van der Waals surface area contributed by atoms with Gasteiger partial charge >= 0.3 is 0 Å². The van der Waals surface area contributed by atoms with Crippen LogP contribution in [-0.4, -0.2) is 31.0 Å². The SMILES string of the molecule is COc1ccccc1C=C1CC[C@H]2[C@@H]3CCC4N(C)C(=O)CC[C@]4(C)[C@@H]3CC[C@]12C.